The predicted molar refractivity (Wildman–Crippen MR) is 269 cm³/mol. The van der Waals surface area contributed by atoms with Crippen molar-refractivity contribution in [3.05, 3.63) is 187 Å². The van der Waals surface area contributed by atoms with Crippen molar-refractivity contribution in [2.24, 2.45) is 0 Å². The van der Waals surface area contributed by atoms with Gasteiger partial charge >= 0.3 is 0 Å². The molecular formula is C56H35BN2S3. The van der Waals surface area contributed by atoms with Crippen LogP contribution in [0.1, 0.15) is 11.1 Å². The van der Waals surface area contributed by atoms with Crippen LogP contribution in [0.15, 0.2) is 196 Å². The average molecular weight is 843 g/mol. The fraction of sp³-hybridized carbons (Fsp3) is 0.0357. The summed E-state index contributed by atoms with van der Waals surface area (Å²) in [4.78, 5) is 5.49. The van der Waals surface area contributed by atoms with Gasteiger partial charge in [0.25, 0.3) is 0 Å². The van der Waals surface area contributed by atoms with Crippen LogP contribution in [0, 0.1) is 13.8 Å². The first kappa shape index (κ1) is 35.2. The summed E-state index contributed by atoms with van der Waals surface area (Å²) in [6.07, 6.45) is 0. The molecule has 0 spiro atoms. The number of rotatable bonds is 3. The molecule has 2 nitrogen and oxygen atoms in total. The SMILES string of the molecule is Cc1ccc2c(c1)Sc1cc(-c3ccc(-n4c5ccccc5c5c6c(c7ccccc7n6-c6ccccc6)c6sc7ccccc7c6c54)cc3)cc3c1B2c1ccc(C)cc1S3. The highest BCUT2D eigenvalue weighted by atomic mass is 32.2. The van der Waals surface area contributed by atoms with E-state index in [4.69, 9.17) is 0 Å². The third-order valence-corrected chi connectivity index (χ3v) is 16.8. The summed E-state index contributed by atoms with van der Waals surface area (Å²) in [5, 5.41) is 7.80. The van der Waals surface area contributed by atoms with Gasteiger partial charge in [0.2, 0.25) is 6.71 Å². The first-order valence-electron chi connectivity index (χ1n) is 21.3. The molecule has 0 atom stereocenters. The molecule has 12 aromatic rings. The third kappa shape index (κ3) is 4.86. The van der Waals surface area contributed by atoms with E-state index in [0.29, 0.717) is 0 Å². The van der Waals surface area contributed by atoms with Crippen molar-refractivity contribution in [3.63, 3.8) is 0 Å². The van der Waals surface area contributed by atoms with Gasteiger partial charge in [0, 0.05) is 72.7 Å². The lowest BCUT2D eigenvalue weighted by Gasteiger charge is -2.33. The number of hydrogen-bond acceptors (Lipinski definition) is 3. The van der Waals surface area contributed by atoms with E-state index in [-0.39, 0.29) is 6.71 Å². The van der Waals surface area contributed by atoms with Crippen LogP contribution >= 0.6 is 34.9 Å². The smallest absolute Gasteiger partial charge is 0.247 e. The minimum absolute atomic E-state index is 0.248. The first-order valence-corrected chi connectivity index (χ1v) is 23.7. The Kier molecular flexibility index (Phi) is 7.40. The fourth-order valence-electron chi connectivity index (χ4n) is 10.7. The minimum Gasteiger partial charge on any atom is -0.308 e. The number of para-hydroxylation sites is 3. The van der Waals surface area contributed by atoms with Crippen LogP contribution in [0.25, 0.3) is 86.3 Å². The zero-order valence-electron chi connectivity index (χ0n) is 33.9. The van der Waals surface area contributed by atoms with Crippen LogP contribution in [-0.2, 0) is 0 Å². The van der Waals surface area contributed by atoms with Crippen LogP contribution in [0.3, 0.4) is 0 Å². The van der Waals surface area contributed by atoms with Crippen molar-refractivity contribution in [1.82, 2.24) is 9.13 Å². The van der Waals surface area contributed by atoms with Gasteiger partial charge in [0.15, 0.2) is 0 Å². The van der Waals surface area contributed by atoms with Crippen LogP contribution in [-0.4, -0.2) is 15.8 Å². The highest BCUT2D eigenvalue weighted by molar-refractivity contribution is 8.01. The van der Waals surface area contributed by atoms with Crippen molar-refractivity contribution in [1.29, 1.82) is 0 Å². The Hall–Kier alpha value is -6.44. The number of thiophene rings is 1. The topological polar surface area (TPSA) is 9.86 Å². The van der Waals surface area contributed by atoms with Gasteiger partial charge in [-0.25, -0.2) is 0 Å². The summed E-state index contributed by atoms with van der Waals surface area (Å²) in [5.41, 5.74) is 16.7. The van der Waals surface area contributed by atoms with Crippen LogP contribution in [0.4, 0.5) is 0 Å². The molecule has 0 saturated heterocycles. The number of fused-ring (bicyclic) bond motifs is 16. The zero-order chi connectivity index (χ0) is 40.8. The van der Waals surface area contributed by atoms with Gasteiger partial charge in [0.1, 0.15) is 0 Å². The lowest BCUT2D eigenvalue weighted by Crippen LogP contribution is -2.58. The van der Waals surface area contributed by atoms with Crippen molar-refractivity contribution in [2.75, 3.05) is 0 Å². The van der Waals surface area contributed by atoms with E-state index in [1.54, 1.807) is 0 Å². The number of aryl methyl sites for hydroxylation is 2. The van der Waals surface area contributed by atoms with Crippen LogP contribution in [0.2, 0.25) is 0 Å². The second-order valence-electron chi connectivity index (χ2n) is 16.9. The minimum atomic E-state index is 0.248. The highest BCUT2D eigenvalue weighted by Gasteiger charge is 2.38. The Morgan fingerprint density at radius 3 is 1.56 bits per heavy atom. The molecule has 0 radical (unpaired) electrons. The standard InChI is InChI=1S/C56H35BN2S3/c1-32-20-26-41-46(28-32)60-48-30-35(31-49-53(48)57(41)42-27-21-33(2)29-47(42)61-49)34-22-24-37(25-23-34)59-43-17-9-6-14-38(43)50-54-51(56-52(55(50)59)40-16-8-11-19-45(40)62-56)39-15-7-10-18-44(39)58(54)36-12-4-3-5-13-36/h3-31H,1-2H3. The van der Waals surface area contributed by atoms with E-state index >= 15 is 0 Å². The Bertz CT molecular complexity index is 3820. The molecular weight excluding hydrogens is 808 g/mol. The van der Waals surface area contributed by atoms with Gasteiger partial charge in [-0.1, -0.05) is 155 Å². The maximum Gasteiger partial charge on any atom is 0.247 e. The Balaban J connectivity index is 1.02. The quantitative estimate of drug-likeness (QED) is 0.164. The molecule has 9 aromatic carbocycles. The van der Waals surface area contributed by atoms with E-state index in [2.05, 4.69) is 199 Å². The molecule has 0 N–H and O–H groups in total. The molecule has 0 unspecified atom stereocenters. The number of aromatic nitrogens is 2. The van der Waals surface area contributed by atoms with Gasteiger partial charge in [0.05, 0.1) is 22.1 Å². The lowest BCUT2D eigenvalue weighted by molar-refractivity contribution is 1.18. The molecule has 0 saturated carbocycles. The largest absolute Gasteiger partial charge is 0.308 e. The maximum absolute atomic E-state index is 2.55. The number of hydrogen-bond donors (Lipinski definition) is 0. The van der Waals surface area contributed by atoms with Gasteiger partial charge < -0.3 is 9.13 Å². The maximum atomic E-state index is 2.55. The second kappa shape index (κ2) is 13.0. The summed E-state index contributed by atoms with van der Waals surface area (Å²) in [6.45, 7) is 4.67. The molecule has 6 heteroatoms. The fourth-order valence-corrected chi connectivity index (χ4v) is 14.6. The third-order valence-electron chi connectivity index (χ3n) is 13.3. The summed E-state index contributed by atoms with van der Waals surface area (Å²) >= 11 is 5.81. The van der Waals surface area contributed by atoms with E-state index in [1.165, 1.54) is 128 Å². The van der Waals surface area contributed by atoms with E-state index in [9.17, 15) is 0 Å². The van der Waals surface area contributed by atoms with Gasteiger partial charge in [-0.3, -0.25) is 0 Å². The van der Waals surface area contributed by atoms with Crippen molar-refractivity contribution in [2.45, 2.75) is 33.4 Å². The molecule has 290 valence electrons. The summed E-state index contributed by atoms with van der Waals surface area (Å²) in [5.74, 6) is 0. The van der Waals surface area contributed by atoms with Crippen molar-refractivity contribution >= 4 is 122 Å². The lowest BCUT2D eigenvalue weighted by atomic mass is 9.36. The number of nitrogens with zero attached hydrogens (tertiary/aromatic N) is 2. The monoisotopic (exact) mass is 842 g/mol. The summed E-state index contributed by atoms with van der Waals surface area (Å²) < 4.78 is 7.71. The normalized spacial score (nSPS) is 13.2. The first-order chi connectivity index (χ1) is 30.6. The van der Waals surface area contributed by atoms with Crippen molar-refractivity contribution in [3.8, 4) is 22.5 Å². The molecule has 2 aliphatic heterocycles. The molecule has 2 aliphatic rings. The molecule has 0 fully saturated rings. The Labute approximate surface area is 371 Å². The van der Waals surface area contributed by atoms with E-state index in [0.717, 1.165) is 5.69 Å². The average Bonchev–Trinajstić information content (AvgIpc) is 3.97. The van der Waals surface area contributed by atoms with Gasteiger partial charge in [-0.05, 0) is 97.2 Å². The zero-order valence-corrected chi connectivity index (χ0v) is 36.4. The molecule has 3 aromatic heterocycles. The summed E-state index contributed by atoms with van der Waals surface area (Å²) in [7, 11) is 0. The molecule has 0 aliphatic carbocycles. The molecule has 0 bridgehead atoms. The van der Waals surface area contributed by atoms with Gasteiger partial charge in [-0.15, -0.1) is 11.3 Å². The number of benzene rings is 9. The van der Waals surface area contributed by atoms with Crippen LogP contribution < -0.4 is 16.4 Å². The molecule has 14 rings (SSSR count). The molecule has 5 heterocycles. The molecule has 62 heavy (non-hydrogen) atoms. The highest BCUT2D eigenvalue weighted by Crippen LogP contribution is 2.51. The van der Waals surface area contributed by atoms with Gasteiger partial charge in [-0.2, -0.15) is 0 Å². The summed E-state index contributed by atoms with van der Waals surface area (Å²) in [6, 6.07) is 66.3. The van der Waals surface area contributed by atoms with E-state index in [1.807, 2.05) is 34.9 Å². The second-order valence-corrected chi connectivity index (χ2v) is 20.2. The molecule has 0 amide bonds. The Morgan fingerprint density at radius 2 is 0.935 bits per heavy atom. The van der Waals surface area contributed by atoms with Crippen molar-refractivity contribution < 1.29 is 0 Å². The Morgan fingerprint density at radius 1 is 0.419 bits per heavy atom. The predicted octanol–water partition coefficient (Wildman–Crippen LogP) is 14.0. The van der Waals surface area contributed by atoms with E-state index < -0.39 is 0 Å². The van der Waals surface area contributed by atoms with Crippen LogP contribution in [0.5, 0.6) is 0 Å².